The van der Waals surface area contributed by atoms with Gasteiger partial charge < -0.3 is 28.8 Å². The molecule has 0 fully saturated rings. The van der Waals surface area contributed by atoms with Crippen molar-refractivity contribution in [2.45, 2.75) is 0 Å². The van der Waals surface area contributed by atoms with E-state index >= 15 is 0 Å². The van der Waals surface area contributed by atoms with Crippen LogP contribution in [0.5, 0.6) is 23.0 Å². The Bertz CT molecular complexity index is 2430. The normalized spacial score (nSPS) is 15.3. The van der Waals surface area contributed by atoms with Crippen molar-refractivity contribution in [2.24, 2.45) is 0 Å². The number of Topliss-reactive ketones (excluding diaryl/α,β-unsaturated/α-hetero) is 1. The van der Waals surface area contributed by atoms with Gasteiger partial charge in [0.2, 0.25) is 0 Å². The van der Waals surface area contributed by atoms with E-state index in [1.54, 1.807) is 113 Å². The smallest absolute Gasteiger partial charge is 0.362 e. The molecule has 1 aromatic heterocycles. The first-order chi connectivity index (χ1) is 26.2. The van der Waals surface area contributed by atoms with E-state index in [9.17, 15) is 9.90 Å². The zero-order valence-corrected chi connectivity index (χ0v) is 31.1. The molecule has 0 atom stereocenters. The number of hydrogen-bond acceptors (Lipinski definition) is 7. The van der Waals surface area contributed by atoms with Gasteiger partial charge in [0.25, 0.3) is 0 Å². The van der Waals surface area contributed by atoms with Crippen LogP contribution < -0.4 is 24.1 Å². The molecule has 0 unspecified atom stereocenters. The minimum absolute atomic E-state index is 0.0245. The van der Waals surface area contributed by atoms with Gasteiger partial charge in [-0.05, 0) is 84.0 Å². The standard InChI is InChI=1S/C44H32Cl2O8/c1-49-29-19-27(20-30(23-29)50-2)39-15-25(17-41(53-39)33-9-5-7-11-37(33)45)13-35-43(47)36(44(35)48)14-26-16-40(28-21-31(51-3)24-32(22-28)52-4)54-42(18-26)34-10-6-8-12-38(34)46/h5-24H,1-4H3. The quantitative estimate of drug-likeness (QED) is 0.103. The maximum Gasteiger partial charge on any atom is 0.362 e. The molecule has 2 heterocycles. The van der Waals surface area contributed by atoms with Gasteiger partial charge in [0.05, 0.1) is 61.7 Å². The molecule has 10 heteroatoms. The summed E-state index contributed by atoms with van der Waals surface area (Å²) in [7, 11) is 6.24. The highest BCUT2D eigenvalue weighted by atomic mass is 35.5. The molecule has 1 aliphatic heterocycles. The molecule has 1 aliphatic carbocycles. The average Bonchev–Trinajstić information content (AvgIpc) is 3.21. The van der Waals surface area contributed by atoms with Gasteiger partial charge in [-0.15, -0.1) is 0 Å². The van der Waals surface area contributed by atoms with Crippen LogP contribution in [-0.4, -0.2) is 34.2 Å². The van der Waals surface area contributed by atoms with Gasteiger partial charge in [0, 0.05) is 34.4 Å². The Balaban J connectivity index is 1.32. The zero-order chi connectivity index (χ0) is 37.9. The minimum atomic E-state index is -0.408. The predicted molar refractivity (Wildman–Crippen MR) is 208 cm³/mol. The second kappa shape index (κ2) is 15.4. The first kappa shape index (κ1) is 36.2. The van der Waals surface area contributed by atoms with Gasteiger partial charge in [-0.1, -0.05) is 53.2 Å². The highest BCUT2D eigenvalue weighted by Crippen LogP contribution is 2.40. The Morgan fingerprint density at radius 1 is 0.630 bits per heavy atom. The van der Waals surface area contributed by atoms with Crippen molar-refractivity contribution >= 4 is 46.6 Å². The Morgan fingerprint density at radius 2 is 1.15 bits per heavy atom. The van der Waals surface area contributed by atoms with Crippen LogP contribution in [0, 0.1) is 0 Å². The van der Waals surface area contributed by atoms with Crippen LogP contribution in [0.3, 0.4) is 0 Å². The SMILES string of the molecule is COc1cc(OC)cc(C2=CC(=CC3=C([O-])C(=Cc4cc(-c5cc(OC)cc(OC)c5)[o+]c(-c5ccccc5Cl)c4)C3=O)C=C(c3ccccc3Cl)O2)c1. The summed E-state index contributed by atoms with van der Waals surface area (Å²) in [5.74, 6) is 3.16. The summed E-state index contributed by atoms with van der Waals surface area (Å²) in [5, 5.41) is 14.7. The number of ketones is 1. The highest BCUT2D eigenvalue weighted by molar-refractivity contribution is 6.33. The minimum Gasteiger partial charge on any atom is -0.871 e. The van der Waals surface area contributed by atoms with Crippen LogP contribution in [-0.2, 0) is 9.53 Å². The number of ether oxygens (including phenoxy) is 5. The maximum absolute atomic E-state index is 13.7. The lowest BCUT2D eigenvalue weighted by molar-refractivity contribution is -0.300. The van der Waals surface area contributed by atoms with Crippen molar-refractivity contribution in [1.29, 1.82) is 0 Å². The lowest BCUT2D eigenvalue weighted by atomic mass is 9.85. The predicted octanol–water partition coefficient (Wildman–Crippen LogP) is 9.86. The fraction of sp³-hybridized carbons (Fsp3) is 0.0909. The topological polar surface area (TPSA) is 97.6 Å². The third-order valence-electron chi connectivity index (χ3n) is 8.78. The monoisotopic (exact) mass is 758 g/mol. The number of benzene rings is 4. The van der Waals surface area contributed by atoms with Gasteiger partial charge in [-0.3, -0.25) is 4.79 Å². The third kappa shape index (κ3) is 7.35. The van der Waals surface area contributed by atoms with Gasteiger partial charge >= 0.3 is 11.5 Å². The lowest BCUT2D eigenvalue weighted by Crippen LogP contribution is -2.29. The molecule has 2 aliphatic rings. The van der Waals surface area contributed by atoms with E-state index in [0.29, 0.717) is 89.5 Å². The summed E-state index contributed by atoms with van der Waals surface area (Å²) in [6.07, 6.45) is 6.60. The average molecular weight is 760 g/mol. The second-order valence-electron chi connectivity index (χ2n) is 12.2. The van der Waals surface area contributed by atoms with Gasteiger partial charge in [-0.25, -0.2) is 4.42 Å². The molecule has 0 saturated carbocycles. The molecule has 0 saturated heterocycles. The van der Waals surface area contributed by atoms with Crippen molar-refractivity contribution in [2.75, 3.05) is 28.4 Å². The summed E-state index contributed by atoms with van der Waals surface area (Å²) >= 11 is 13.1. The number of hydrogen-bond donors (Lipinski definition) is 0. The van der Waals surface area contributed by atoms with E-state index in [-0.39, 0.29) is 11.1 Å². The molecular weight excluding hydrogens is 727 g/mol. The molecule has 0 amide bonds. The molecule has 0 N–H and O–H groups in total. The first-order valence-corrected chi connectivity index (χ1v) is 17.4. The summed E-state index contributed by atoms with van der Waals surface area (Å²) in [6.45, 7) is 0. The molecule has 4 aromatic carbocycles. The van der Waals surface area contributed by atoms with Crippen LogP contribution in [0.1, 0.15) is 16.7 Å². The van der Waals surface area contributed by atoms with Crippen LogP contribution in [0.2, 0.25) is 10.0 Å². The molecule has 0 spiro atoms. The largest absolute Gasteiger partial charge is 0.871 e. The van der Waals surface area contributed by atoms with Gasteiger partial charge in [-0.2, -0.15) is 0 Å². The van der Waals surface area contributed by atoms with Crippen molar-refractivity contribution in [1.82, 2.24) is 0 Å². The van der Waals surface area contributed by atoms with Crippen LogP contribution in [0.25, 0.3) is 40.2 Å². The second-order valence-corrected chi connectivity index (χ2v) is 13.0. The van der Waals surface area contributed by atoms with Crippen molar-refractivity contribution in [3.63, 3.8) is 0 Å². The number of halogens is 2. The van der Waals surface area contributed by atoms with Crippen molar-refractivity contribution in [3.8, 4) is 45.6 Å². The molecule has 7 rings (SSSR count). The van der Waals surface area contributed by atoms with Gasteiger partial charge in [0.15, 0.2) is 5.78 Å². The van der Waals surface area contributed by atoms with E-state index < -0.39 is 11.5 Å². The van der Waals surface area contributed by atoms with E-state index in [0.717, 1.165) is 0 Å². The van der Waals surface area contributed by atoms with E-state index in [4.69, 9.17) is 51.3 Å². The van der Waals surface area contributed by atoms with Crippen molar-refractivity contribution in [3.05, 3.63) is 165 Å². The lowest BCUT2D eigenvalue weighted by Gasteiger charge is -2.29. The maximum atomic E-state index is 13.7. The fourth-order valence-electron chi connectivity index (χ4n) is 6.01. The number of methoxy groups -OCH3 is 4. The zero-order valence-electron chi connectivity index (χ0n) is 29.6. The van der Waals surface area contributed by atoms with Crippen molar-refractivity contribution < 1.29 is 38.0 Å². The highest BCUT2D eigenvalue weighted by Gasteiger charge is 2.29. The molecule has 0 radical (unpaired) electrons. The third-order valence-corrected chi connectivity index (χ3v) is 9.44. The Hall–Kier alpha value is -6.22. The van der Waals surface area contributed by atoms with E-state index in [2.05, 4.69) is 0 Å². The Kier molecular flexibility index (Phi) is 10.3. The van der Waals surface area contributed by atoms with E-state index in [1.165, 1.54) is 0 Å². The molecule has 8 nitrogen and oxygen atoms in total. The summed E-state index contributed by atoms with van der Waals surface area (Å²) < 4.78 is 34.6. The Morgan fingerprint density at radius 3 is 1.70 bits per heavy atom. The summed E-state index contributed by atoms with van der Waals surface area (Å²) in [6, 6.07) is 28.7. The van der Waals surface area contributed by atoms with Gasteiger partial charge in [0.1, 0.15) is 34.5 Å². The number of allylic oxidation sites excluding steroid dienone is 6. The first-order valence-electron chi connectivity index (χ1n) is 16.6. The molecule has 54 heavy (non-hydrogen) atoms. The van der Waals surface area contributed by atoms with Crippen LogP contribution >= 0.6 is 23.2 Å². The summed E-state index contributed by atoms with van der Waals surface area (Å²) in [5.41, 5.74) is 3.73. The fourth-order valence-corrected chi connectivity index (χ4v) is 6.47. The van der Waals surface area contributed by atoms with E-state index in [1.807, 2.05) is 36.4 Å². The molecular formula is C44H32Cl2O8. The number of rotatable bonds is 10. The summed E-state index contributed by atoms with van der Waals surface area (Å²) in [4.78, 5) is 13.7. The van der Waals surface area contributed by atoms with Crippen LogP contribution in [0.15, 0.2) is 142 Å². The van der Waals surface area contributed by atoms with Crippen LogP contribution in [0.4, 0.5) is 0 Å². The number of carbonyl (C=O) groups excluding carboxylic acids is 1. The Labute approximate surface area is 322 Å². The number of carbonyl (C=O) groups is 1. The molecule has 5 aromatic rings. The molecule has 0 bridgehead atoms. The molecule has 270 valence electrons.